The molecule has 40 heavy (non-hydrogen) atoms. The number of ether oxygens (including phenoxy) is 1. The zero-order chi connectivity index (χ0) is 27.9. The van der Waals surface area contributed by atoms with Gasteiger partial charge in [-0.3, -0.25) is 9.48 Å². The van der Waals surface area contributed by atoms with Crippen LogP contribution in [-0.2, 0) is 16.4 Å². The molecule has 1 aromatic heterocycles. The molecule has 3 aromatic carbocycles. The molecule has 0 saturated carbocycles. The van der Waals surface area contributed by atoms with Crippen LogP contribution in [0.5, 0.6) is 5.75 Å². The number of hydrogen-bond acceptors (Lipinski definition) is 5. The van der Waals surface area contributed by atoms with E-state index in [0.29, 0.717) is 25.3 Å². The van der Waals surface area contributed by atoms with E-state index in [0.717, 1.165) is 45.7 Å². The van der Waals surface area contributed by atoms with E-state index in [9.17, 15) is 13.2 Å². The minimum Gasteiger partial charge on any atom is -0.494 e. The van der Waals surface area contributed by atoms with Crippen molar-refractivity contribution in [2.24, 2.45) is 0 Å². The summed E-state index contributed by atoms with van der Waals surface area (Å²) in [6.07, 6.45) is 1.37. The minimum absolute atomic E-state index is 0.00540. The summed E-state index contributed by atoms with van der Waals surface area (Å²) < 4.78 is 32.5. The number of carbonyl (C=O) groups is 1. The van der Waals surface area contributed by atoms with Crippen molar-refractivity contribution in [3.05, 3.63) is 107 Å². The fourth-order valence-electron chi connectivity index (χ4n) is 5.74. The number of sulfone groups is 1. The van der Waals surface area contributed by atoms with Gasteiger partial charge in [-0.15, -0.1) is 0 Å². The third-order valence-electron chi connectivity index (χ3n) is 7.74. The Morgan fingerprint density at radius 2 is 1.70 bits per heavy atom. The van der Waals surface area contributed by atoms with E-state index in [2.05, 4.69) is 6.92 Å². The molecular formula is C32H33N3O4S. The predicted octanol–water partition coefficient (Wildman–Crippen LogP) is 5.75. The average molecular weight is 556 g/mol. The second kappa shape index (κ2) is 10.6. The van der Waals surface area contributed by atoms with Crippen LogP contribution in [0.1, 0.15) is 64.6 Å². The molecule has 1 amide bonds. The molecule has 1 saturated heterocycles. The standard InChI is InChI=1S/C32H33N3O4S/c1-3-18-39-27-15-13-25(14-16-27)30-28-29(24-11-9-22(2)10-12-24)33-35(26-17-19-40(37,38)21-26)31(28)32(36)34(30)20-23-7-5-4-6-8-23/h4-16,26,30H,3,17-21H2,1-2H3/t26-,30+/m0/s1. The molecule has 2 atom stereocenters. The molecule has 0 spiro atoms. The van der Waals surface area contributed by atoms with Crippen molar-refractivity contribution in [1.29, 1.82) is 0 Å². The number of benzene rings is 3. The molecule has 4 aromatic rings. The summed E-state index contributed by atoms with van der Waals surface area (Å²) in [6, 6.07) is 25.3. The summed E-state index contributed by atoms with van der Waals surface area (Å²) in [5.41, 5.74) is 6.06. The van der Waals surface area contributed by atoms with Gasteiger partial charge in [0.15, 0.2) is 9.84 Å². The fourth-order valence-corrected chi connectivity index (χ4v) is 7.43. The minimum atomic E-state index is -3.18. The van der Waals surface area contributed by atoms with Crippen LogP contribution in [0, 0.1) is 6.92 Å². The highest BCUT2D eigenvalue weighted by Gasteiger charge is 2.46. The highest BCUT2D eigenvalue weighted by Crippen LogP contribution is 2.46. The molecule has 1 fully saturated rings. The molecule has 206 valence electrons. The van der Waals surface area contributed by atoms with E-state index in [1.54, 1.807) is 4.68 Å². The van der Waals surface area contributed by atoms with Crippen molar-refractivity contribution in [3.8, 4) is 17.0 Å². The highest BCUT2D eigenvalue weighted by atomic mass is 32.2. The van der Waals surface area contributed by atoms with Crippen molar-refractivity contribution in [3.63, 3.8) is 0 Å². The van der Waals surface area contributed by atoms with Gasteiger partial charge in [-0.05, 0) is 43.0 Å². The lowest BCUT2D eigenvalue weighted by Crippen LogP contribution is -2.30. The Kier molecular flexibility index (Phi) is 6.96. The number of fused-ring (bicyclic) bond motifs is 1. The average Bonchev–Trinajstić information content (AvgIpc) is 3.60. The van der Waals surface area contributed by atoms with Gasteiger partial charge in [0, 0.05) is 17.7 Å². The predicted molar refractivity (Wildman–Crippen MR) is 155 cm³/mol. The van der Waals surface area contributed by atoms with Crippen LogP contribution in [0.15, 0.2) is 78.9 Å². The highest BCUT2D eigenvalue weighted by molar-refractivity contribution is 7.91. The number of hydrogen-bond donors (Lipinski definition) is 0. The van der Waals surface area contributed by atoms with Gasteiger partial charge in [0.25, 0.3) is 5.91 Å². The Labute approximate surface area is 235 Å². The van der Waals surface area contributed by atoms with Crippen molar-refractivity contribution in [2.45, 2.75) is 45.3 Å². The first-order valence-electron chi connectivity index (χ1n) is 13.8. The Balaban J connectivity index is 1.52. The Bertz CT molecular complexity index is 1630. The first-order valence-corrected chi connectivity index (χ1v) is 15.6. The SMILES string of the molecule is CCCOc1ccc([C@@H]2c3c(-c4ccc(C)cc4)nn([C@H]4CCS(=O)(=O)C4)c3C(=O)N2Cc2ccccc2)cc1. The first-order chi connectivity index (χ1) is 19.3. The zero-order valence-corrected chi connectivity index (χ0v) is 23.6. The van der Waals surface area contributed by atoms with Crippen LogP contribution in [-0.4, -0.2) is 47.1 Å². The van der Waals surface area contributed by atoms with Gasteiger partial charge < -0.3 is 9.64 Å². The number of amides is 1. The van der Waals surface area contributed by atoms with Crippen LogP contribution in [0.4, 0.5) is 0 Å². The topological polar surface area (TPSA) is 81.5 Å². The van der Waals surface area contributed by atoms with Crippen LogP contribution in [0.3, 0.4) is 0 Å². The quantitative estimate of drug-likeness (QED) is 0.276. The van der Waals surface area contributed by atoms with Crippen LogP contribution in [0.2, 0.25) is 0 Å². The molecule has 8 heteroatoms. The van der Waals surface area contributed by atoms with E-state index < -0.39 is 9.84 Å². The lowest BCUT2D eigenvalue weighted by Gasteiger charge is -2.27. The maximum Gasteiger partial charge on any atom is 0.273 e. The molecule has 2 aliphatic heterocycles. The lowest BCUT2D eigenvalue weighted by atomic mass is 9.95. The Morgan fingerprint density at radius 1 is 0.975 bits per heavy atom. The van der Waals surface area contributed by atoms with Gasteiger partial charge >= 0.3 is 0 Å². The van der Waals surface area contributed by atoms with Crippen LogP contribution < -0.4 is 4.74 Å². The number of aromatic nitrogens is 2. The smallest absolute Gasteiger partial charge is 0.273 e. The second-order valence-electron chi connectivity index (χ2n) is 10.7. The summed E-state index contributed by atoms with van der Waals surface area (Å²) in [4.78, 5) is 16.2. The van der Waals surface area contributed by atoms with Gasteiger partial charge in [-0.1, -0.05) is 79.2 Å². The van der Waals surface area contributed by atoms with Gasteiger partial charge in [0.2, 0.25) is 0 Å². The Hall–Kier alpha value is -3.91. The third kappa shape index (κ3) is 4.92. The molecule has 0 radical (unpaired) electrons. The number of carbonyl (C=O) groups excluding carboxylic acids is 1. The third-order valence-corrected chi connectivity index (χ3v) is 9.49. The van der Waals surface area contributed by atoms with Gasteiger partial charge in [0.1, 0.15) is 11.4 Å². The number of aryl methyl sites for hydroxylation is 1. The molecule has 7 nitrogen and oxygen atoms in total. The molecule has 2 aliphatic rings. The van der Waals surface area contributed by atoms with Gasteiger partial charge in [-0.2, -0.15) is 5.10 Å². The fraction of sp³-hybridized carbons (Fsp3) is 0.312. The maximum absolute atomic E-state index is 14.3. The summed E-state index contributed by atoms with van der Waals surface area (Å²) in [7, 11) is -3.18. The first kappa shape index (κ1) is 26.3. The Morgan fingerprint density at radius 3 is 2.35 bits per heavy atom. The van der Waals surface area contributed by atoms with E-state index in [1.807, 2.05) is 90.7 Å². The molecular weight excluding hydrogens is 522 g/mol. The van der Waals surface area contributed by atoms with E-state index in [-0.39, 0.29) is 29.5 Å². The van der Waals surface area contributed by atoms with Gasteiger partial charge in [-0.25, -0.2) is 8.42 Å². The van der Waals surface area contributed by atoms with E-state index in [4.69, 9.17) is 9.84 Å². The summed E-state index contributed by atoms with van der Waals surface area (Å²) in [5, 5.41) is 4.99. The van der Waals surface area contributed by atoms with E-state index in [1.165, 1.54) is 0 Å². The summed E-state index contributed by atoms with van der Waals surface area (Å²) >= 11 is 0. The van der Waals surface area contributed by atoms with Crippen molar-refractivity contribution < 1.29 is 17.9 Å². The van der Waals surface area contributed by atoms with Crippen LogP contribution >= 0.6 is 0 Å². The second-order valence-corrected chi connectivity index (χ2v) is 12.9. The normalized spacial score (nSPS) is 19.6. The maximum atomic E-state index is 14.3. The summed E-state index contributed by atoms with van der Waals surface area (Å²) in [6.45, 7) is 5.16. The molecule has 3 heterocycles. The zero-order valence-electron chi connectivity index (χ0n) is 22.8. The van der Waals surface area contributed by atoms with Gasteiger partial charge in [0.05, 0.1) is 35.9 Å². The number of rotatable bonds is 8. The van der Waals surface area contributed by atoms with Crippen molar-refractivity contribution in [2.75, 3.05) is 18.1 Å². The monoisotopic (exact) mass is 555 g/mol. The molecule has 0 bridgehead atoms. The lowest BCUT2D eigenvalue weighted by molar-refractivity contribution is 0.0722. The van der Waals surface area contributed by atoms with Crippen molar-refractivity contribution in [1.82, 2.24) is 14.7 Å². The largest absolute Gasteiger partial charge is 0.494 e. The summed E-state index contributed by atoms with van der Waals surface area (Å²) in [5.74, 6) is 0.756. The molecule has 0 unspecified atom stereocenters. The molecule has 0 N–H and O–H groups in total. The van der Waals surface area contributed by atoms with Crippen LogP contribution in [0.25, 0.3) is 11.3 Å². The molecule has 0 aliphatic carbocycles. The number of nitrogens with zero attached hydrogens (tertiary/aromatic N) is 3. The van der Waals surface area contributed by atoms with E-state index >= 15 is 0 Å². The van der Waals surface area contributed by atoms with Crippen molar-refractivity contribution >= 4 is 15.7 Å². The molecule has 6 rings (SSSR count).